The van der Waals surface area contributed by atoms with Crippen LogP contribution in [0.15, 0.2) is 35.2 Å². The van der Waals surface area contributed by atoms with Crippen LogP contribution >= 0.6 is 19.4 Å². The fraction of sp³-hybridized carbons (Fsp3) is 0.158. The van der Waals surface area contributed by atoms with E-state index in [-0.39, 0.29) is 33.6 Å². The lowest BCUT2D eigenvalue weighted by Gasteiger charge is -2.12. The smallest absolute Gasteiger partial charge is 0.398 e. The number of halogens is 1. The maximum absolute atomic E-state index is 12.4. The molecule has 15 heteroatoms. The number of fused-ring (bicyclic) bond motifs is 1. The number of nitrogen functional groups attached to an aromatic ring is 2. The van der Waals surface area contributed by atoms with Crippen LogP contribution in [0, 0.1) is 0 Å². The van der Waals surface area contributed by atoms with Crippen molar-refractivity contribution in [3.05, 3.63) is 41.3 Å². The zero-order valence-electron chi connectivity index (χ0n) is 17.6. The molecule has 0 atom stereocenters. The molecule has 0 radical (unpaired) electrons. The van der Waals surface area contributed by atoms with E-state index in [4.69, 9.17) is 37.4 Å². The van der Waals surface area contributed by atoms with Crippen LogP contribution in [0.2, 0.25) is 5.02 Å². The second-order valence-corrected chi connectivity index (χ2v) is 8.73. The summed E-state index contributed by atoms with van der Waals surface area (Å²) in [5.41, 5.74) is 14.4. The van der Waals surface area contributed by atoms with Crippen molar-refractivity contribution in [1.29, 1.82) is 0 Å². The van der Waals surface area contributed by atoms with Gasteiger partial charge in [0.25, 0.3) is 5.91 Å². The number of carbonyl (C=O) groups excluding carboxylic acids is 1. The van der Waals surface area contributed by atoms with Gasteiger partial charge in [0.05, 0.1) is 27.9 Å². The molecule has 13 nitrogen and oxygen atoms in total. The van der Waals surface area contributed by atoms with Crippen LogP contribution in [0.5, 0.6) is 0 Å². The minimum Gasteiger partial charge on any atom is -0.398 e. The van der Waals surface area contributed by atoms with Crippen LogP contribution in [-0.2, 0) is 15.8 Å². The Morgan fingerprint density at radius 2 is 2.06 bits per heavy atom. The quantitative estimate of drug-likeness (QED) is 0.181. The molecule has 1 amide bonds. The molecule has 0 aliphatic rings. The van der Waals surface area contributed by atoms with E-state index < -0.39 is 14.6 Å². The second kappa shape index (κ2) is 9.05. The van der Waals surface area contributed by atoms with Crippen LogP contribution in [0.3, 0.4) is 0 Å². The minimum absolute atomic E-state index is 0.0454. The molecule has 3 heterocycles. The Balaban J connectivity index is 1.81. The minimum atomic E-state index is -4.66. The molecule has 1 aromatic carbocycles. The summed E-state index contributed by atoms with van der Waals surface area (Å²) >= 11 is 6.43. The Hall–Kier alpha value is -3.48. The van der Waals surface area contributed by atoms with Gasteiger partial charge < -0.3 is 31.1 Å². The standard InChI is InChI=1S/C19H19ClN7O6P/c1-2-23-19(28)11-3-10(13(20)4-14(11)21)16-15-17(33-26-18(15)22)12(6-24-16)9-5-25-27(7-9)8-32-34(29,30)31/h3-7H,2,8,21H2,1H3,(H2,22,26)(H,23,28)(H2,29,30,31). The van der Waals surface area contributed by atoms with Gasteiger partial charge in [-0.05, 0) is 19.1 Å². The number of anilines is 2. The molecule has 0 saturated heterocycles. The third-order valence-electron chi connectivity index (χ3n) is 4.80. The summed E-state index contributed by atoms with van der Waals surface area (Å²) < 4.78 is 22.0. The molecule has 0 aliphatic heterocycles. The summed E-state index contributed by atoms with van der Waals surface area (Å²) in [4.78, 5) is 34.6. The van der Waals surface area contributed by atoms with E-state index in [1.54, 1.807) is 6.92 Å². The van der Waals surface area contributed by atoms with Gasteiger partial charge in [-0.15, -0.1) is 0 Å². The number of phosphoric acid groups is 1. The molecular formula is C19H19ClN7O6P. The number of rotatable bonds is 7. The highest BCUT2D eigenvalue weighted by molar-refractivity contribution is 7.46. The van der Waals surface area contributed by atoms with Crippen LogP contribution < -0.4 is 16.8 Å². The molecular weight excluding hydrogens is 489 g/mol. The van der Waals surface area contributed by atoms with Crippen molar-refractivity contribution in [2.75, 3.05) is 18.0 Å². The van der Waals surface area contributed by atoms with Crippen molar-refractivity contribution >= 4 is 47.8 Å². The number of benzene rings is 1. The number of phosphoric ester groups is 1. The largest absolute Gasteiger partial charge is 0.471 e. The van der Waals surface area contributed by atoms with E-state index in [0.29, 0.717) is 34.3 Å². The van der Waals surface area contributed by atoms with Crippen molar-refractivity contribution < 1.29 is 28.2 Å². The Morgan fingerprint density at radius 3 is 2.76 bits per heavy atom. The molecule has 0 unspecified atom stereocenters. The summed E-state index contributed by atoms with van der Waals surface area (Å²) in [6.07, 6.45) is 4.39. The summed E-state index contributed by atoms with van der Waals surface area (Å²) in [5.74, 6) is -0.321. The van der Waals surface area contributed by atoms with Crippen LogP contribution in [0.4, 0.5) is 11.5 Å². The van der Waals surface area contributed by atoms with Gasteiger partial charge in [-0.3, -0.25) is 14.3 Å². The van der Waals surface area contributed by atoms with Crippen LogP contribution in [0.1, 0.15) is 17.3 Å². The first-order valence-electron chi connectivity index (χ1n) is 9.73. The molecule has 4 aromatic rings. The molecule has 3 aromatic heterocycles. The normalized spacial score (nSPS) is 11.8. The van der Waals surface area contributed by atoms with E-state index in [1.807, 2.05) is 0 Å². The molecule has 0 aliphatic carbocycles. The number of amides is 1. The first-order valence-corrected chi connectivity index (χ1v) is 11.6. The van der Waals surface area contributed by atoms with Gasteiger partial charge in [0.1, 0.15) is 0 Å². The second-order valence-electron chi connectivity index (χ2n) is 7.09. The molecule has 0 bridgehead atoms. The van der Waals surface area contributed by atoms with Gasteiger partial charge in [0.15, 0.2) is 18.1 Å². The van der Waals surface area contributed by atoms with Gasteiger partial charge in [-0.1, -0.05) is 16.8 Å². The summed E-state index contributed by atoms with van der Waals surface area (Å²) in [6.45, 7) is 1.73. The number of carbonyl (C=O) groups is 1. The highest BCUT2D eigenvalue weighted by Crippen LogP contribution is 2.40. The number of aromatic nitrogens is 4. The number of hydrogen-bond acceptors (Lipinski definition) is 9. The Kier molecular flexibility index (Phi) is 6.30. The molecule has 34 heavy (non-hydrogen) atoms. The van der Waals surface area contributed by atoms with Crippen LogP contribution in [0.25, 0.3) is 33.4 Å². The van der Waals surface area contributed by atoms with Crippen molar-refractivity contribution in [3.8, 4) is 22.4 Å². The lowest BCUT2D eigenvalue weighted by Crippen LogP contribution is -2.23. The SMILES string of the molecule is CCNC(=O)c1cc(-c2ncc(-c3cnn(COP(=O)(O)O)c3)c3onc(N)c23)c(Cl)cc1N. The lowest BCUT2D eigenvalue weighted by molar-refractivity contribution is 0.0956. The number of nitrogens with two attached hydrogens (primary N) is 2. The van der Waals surface area contributed by atoms with E-state index in [0.717, 1.165) is 0 Å². The first-order chi connectivity index (χ1) is 16.1. The highest BCUT2D eigenvalue weighted by atomic mass is 35.5. The predicted octanol–water partition coefficient (Wildman–Crippen LogP) is 2.39. The number of pyridine rings is 1. The number of nitrogens with zero attached hydrogens (tertiary/aromatic N) is 4. The summed E-state index contributed by atoms with van der Waals surface area (Å²) in [6, 6.07) is 2.98. The van der Waals surface area contributed by atoms with Gasteiger partial charge in [-0.2, -0.15) is 5.10 Å². The first kappa shape index (κ1) is 23.7. The van der Waals surface area contributed by atoms with E-state index in [9.17, 15) is 9.36 Å². The van der Waals surface area contributed by atoms with Crippen molar-refractivity contribution in [3.63, 3.8) is 0 Å². The monoisotopic (exact) mass is 507 g/mol. The number of nitrogens with one attached hydrogen (secondary N) is 1. The molecule has 178 valence electrons. The molecule has 0 fully saturated rings. The molecule has 0 saturated carbocycles. The Bertz CT molecular complexity index is 1450. The van der Waals surface area contributed by atoms with Gasteiger partial charge in [0, 0.05) is 41.3 Å². The maximum Gasteiger partial charge on any atom is 0.471 e. The highest BCUT2D eigenvalue weighted by Gasteiger charge is 2.23. The third-order valence-corrected chi connectivity index (χ3v) is 5.57. The van der Waals surface area contributed by atoms with Crippen molar-refractivity contribution in [1.82, 2.24) is 25.2 Å². The van der Waals surface area contributed by atoms with Gasteiger partial charge in [0.2, 0.25) is 0 Å². The summed E-state index contributed by atoms with van der Waals surface area (Å²) in [7, 11) is -4.66. The molecule has 7 N–H and O–H groups in total. The van der Waals surface area contributed by atoms with Crippen molar-refractivity contribution in [2.24, 2.45) is 0 Å². The average molecular weight is 508 g/mol. The lowest BCUT2D eigenvalue weighted by atomic mass is 10.0. The number of hydrogen-bond donors (Lipinski definition) is 5. The maximum atomic E-state index is 12.4. The molecule has 0 spiro atoms. The topological polar surface area (TPSA) is 205 Å². The van der Waals surface area contributed by atoms with Gasteiger partial charge >= 0.3 is 7.82 Å². The molecule has 4 rings (SSSR count). The van der Waals surface area contributed by atoms with E-state index >= 15 is 0 Å². The fourth-order valence-corrected chi connectivity index (χ4v) is 3.84. The fourth-order valence-electron chi connectivity index (χ4n) is 3.31. The van der Waals surface area contributed by atoms with Gasteiger partial charge in [-0.25, -0.2) is 9.25 Å². The Morgan fingerprint density at radius 1 is 1.29 bits per heavy atom. The average Bonchev–Trinajstić information content (AvgIpc) is 3.39. The van der Waals surface area contributed by atoms with Crippen molar-refractivity contribution in [2.45, 2.75) is 13.7 Å². The van der Waals surface area contributed by atoms with Crippen LogP contribution in [-0.4, -0.2) is 42.2 Å². The Labute approximate surface area is 196 Å². The predicted molar refractivity (Wildman–Crippen MR) is 123 cm³/mol. The zero-order chi connectivity index (χ0) is 24.6. The summed E-state index contributed by atoms with van der Waals surface area (Å²) in [5, 5.41) is 11.1. The van der Waals surface area contributed by atoms with E-state index in [1.165, 1.54) is 35.4 Å². The van der Waals surface area contributed by atoms with E-state index in [2.05, 4.69) is 25.1 Å². The zero-order valence-corrected chi connectivity index (χ0v) is 19.2. The third kappa shape index (κ3) is 4.60.